The van der Waals surface area contributed by atoms with E-state index in [1.54, 1.807) is 48.5 Å². The quantitative estimate of drug-likeness (QED) is 0.331. The maximum absolute atomic E-state index is 13.7. The van der Waals surface area contributed by atoms with Crippen LogP contribution in [0.5, 0.6) is 17.2 Å². The molecule has 0 spiro atoms. The van der Waals surface area contributed by atoms with Gasteiger partial charge in [-0.1, -0.05) is 29.5 Å². The molecule has 37 heavy (non-hydrogen) atoms. The molecule has 0 radical (unpaired) electrons. The third-order valence-electron chi connectivity index (χ3n) is 5.43. The smallest absolute Gasteiger partial charge is 0.337 e. The van der Waals surface area contributed by atoms with Gasteiger partial charge in [0.25, 0.3) is 5.56 Å². The van der Waals surface area contributed by atoms with Crippen LogP contribution in [0.3, 0.4) is 0 Å². The zero-order valence-corrected chi connectivity index (χ0v) is 21.7. The first-order valence-electron chi connectivity index (χ1n) is 11.6. The molecule has 3 aromatic rings. The van der Waals surface area contributed by atoms with Gasteiger partial charge in [-0.25, -0.2) is 9.79 Å². The summed E-state index contributed by atoms with van der Waals surface area (Å²) in [7, 11) is 1.28. The van der Waals surface area contributed by atoms with Crippen molar-refractivity contribution in [3.8, 4) is 17.2 Å². The lowest BCUT2D eigenvalue weighted by Crippen LogP contribution is -2.39. The molecule has 2 heterocycles. The van der Waals surface area contributed by atoms with E-state index in [0.29, 0.717) is 50.9 Å². The lowest BCUT2D eigenvalue weighted by atomic mass is 9.97. The van der Waals surface area contributed by atoms with Crippen LogP contribution in [0.15, 0.2) is 64.0 Å². The molecular formula is C27H26N2O7S. The maximum Gasteiger partial charge on any atom is 0.337 e. The van der Waals surface area contributed by atoms with Gasteiger partial charge in [0, 0.05) is 13.1 Å². The van der Waals surface area contributed by atoms with Crippen molar-refractivity contribution < 1.29 is 28.5 Å². The van der Waals surface area contributed by atoms with Crippen molar-refractivity contribution in [1.82, 2.24) is 4.57 Å². The van der Waals surface area contributed by atoms with Gasteiger partial charge < -0.3 is 18.9 Å². The second-order valence-corrected chi connectivity index (χ2v) is 8.92. The number of rotatable bonds is 8. The number of ether oxygens (including phenoxy) is 4. The van der Waals surface area contributed by atoms with Gasteiger partial charge in [-0.2, -0.15) is 0 Å². The molecule has 0 N–H and O–H groups in total. The van der Waals surface area contributed by atoms with Crippen molar-refractivity contribution in [2.24, 2.45) is 4.99 Å². The molecule has 9 nitrogen and oxygen atoms in total. The lowest BCUT2D eigenvalue weighted by Gasteiger charge is -2.23. The van der Waals surface area contributed by atoms with Crippen molar-refractivity contribution in [3.05, 3.63) is 85.1 Å². The van der Waals surface area contributed by atoms with E-state index in [-0.39, 0.29) is 11.1 Å². The summed E-state index contributed by atoms with van der Waals surface area (Å²) in [6, 6.07) is 11.4. The molecule has 0 amide bonds. The number of methoxy groups -OCH3 is 1. The van der Waals surface area contributed by atoms with Gasteiger partial charge in [0.1, 0.15) is 5.75 Å². The molecule has 1 atom stereocenters. The molecule has 0 fully saturated rings. The Bertz CT molecular complexity index is 1550. The second-order valence-electron chi connectivity index (χ2n) is 7.91. The topological polar surface area (TPSA) is 105 Å². The average molecular weight is 523 g/mol. The number of benzene rings is 2. The van der Waals surface area contributed by atoms with Crippen molar-refractivity contribution in [1.29, 1.82) is 0 Å². The van der Waals surface area contributed by atoms with Crippen LogP contribution in [0.2, 0.25) is 0 Å². The predicted molar refractivity (Wildman–Crippen MR) is 138 cm³/mol. The minimum absolute atomic E-state index is 0.213. The molecule has 1 aliphatic rings. The Morgan fingerprint density at radius 3 is 2.54 bits per heavy atom. The monoisotopic (exact) mass is 522 g/mol. The largest absolute Gasteiger partial charge is 0.490 e. The first kappa shape index (κ1) is 25.9. The highest BCUT2D eigenvalue weighted by Gasteiger charge is 2.31. The summed E-state index contributed by atoms with van der Waals surface area (Å²) < 4.78 is 23.5. The summed E-state index contributed by atoms with van der Waals surface area (Å²) in [4.78, 5) is 42.5. The third kappa shape index (κ3) is 5.49. The van der Waals surface area contributed by atoms with Crippen LogP contribution in [0.25, 0.3) is 6.08 Å². The predicted octanol–water partition coefficient (Wildman–Crippen LogP) is 2.74. The SMILES string of the molecule is CCOc1ccc([C@H]2C(C(=O)OC)=CN=c3s/c(=C/c4cccc(OC(C)=O)c4)c(=O)n32)cc1OCC. The number of thiazole rings is 1. The minimum atomic E-state index is -0.784. The van der Waals surface area contributed by atoms with Gasteiger partial charge in [-0.3, -0.25) is 14.2 Å². The number of hydrogen-bond donors (Lipinski definition) is 0. The molecule has 0 saturated heterocycles. The number of aromatic nitrogens is 1. The maximum atomic E-state index is 13.7. The van der Waals surface area contributed by atoms with E-state index in [4.69, 9.17) is 18.9 Å². The molecule has 0 unspecified atom stereocenters. The molecule has 0 bridgehead atoms. The van der Waals surface area contributed by atoms with Crippen molar-refractivity contribution in [2.75, 3.05) is 20.3 Å². The molecule has 1 aliphatic heterocycles. The molecule has 0 saturated carbocycles. The Kier molecular flexibility index (Phi) is 7.88. The van der Waals surface area contributed by atoms with Crippen LogP contribution in [-0.4, -0.2) is 36.8 Å². The first-order valence-corrected chi connectivity index (χ1v) is 12.4. The van der Waals surface area contributed by atoms with Gasteiger partial charge in [0.15, 0.2) is 16.3 Å². The van der Waals surface area contributed by atoms with E-state index in [9.17, 15) is 14.4 Å². The van der Waals surface area contributed by atoms with Crippen LogP contribution in [0.4, 0.5) is 0 Å². The summed E-state index contributed by atoms with van der Waals surface area (Å²) in [5, 5.41) is 0. The van der Waals surface area contributed by atoms with Gasteiger partial charge in [0.05, 0.1) is 36.5 Å². The van der Waals surface area contributed by atoms with Crippen molar-refractivity contribution in [3.63, 3.8) is 0 Å². The Hall–Kier alpha value is -4.18. The van der Waals surface area contributed by atoms with Crippen LogP contribution >= 0.6 is 11.3 Å². The Morgan fingerprint density at radius 2 is 1.84 bits per heavy atom. The molecule has 10 heteroatoms. The number of carbonyl (C=O) groups is 2. The molecule has 2 aromatic carbocycles. The van der Waals surface area contributed by atoms with Gasteiger partial charge >= 0.3 is 11.9 Å². The second kappa shape index (κ2) is 11.3. The molecule has 0 aliphatic carbocycles. The fraction of sp³-hybridized carbons (Fsp3) is 0.259. The van der Waals surface area contributed by atoms with Crippen molar-refractivity contribution in [2.45, 2.75) is 26.8 Å². The molecule has 192 valence electrons. The lowest BCUT2D eigenvalue weighted by molar-refractivity contribution is -0.136. The Labute approximate surface area is 216 Å². The molecule has 1 aromatic heterocycles. The normalized spacial score (nSPS) is 14.8. The number of hydrogen-bond acceptors (Lipinski definition) is 9. The van der Waals surface area contributed by atoms with Crippen LogP contribution in [-0.2, 0) is 14.3 Å². The van der Waals surface area contributed by atoms with E-state index in [1.807, 2.05) is 13.8 Å². The van der Waals surface area contributed by atoms with E-state index in [1.165, 1.54) is 36.1 Å². The van der Waals surface area contributed by atoms with Crippen LogP contribution in [0.1, 0.15) is 37.9 Å². The summed E-state index contributed by atoms with van der Waals surface area (Å²) in [6.45, 7) is 5.93. The average Bonchev–Trinajstić information content (AvgIpc) is 3.19. The number of fused-ring (bicyclic) bond motifs is 1. The standard InChI is InChI=1S/C27H26N2O7S/c1-5-34-21-11-10-18(14-22(21)35-6-2)24-20(26(32)33-4)15-28-27-29(24)25(31)23(37-27)13-17-8-7-9-19(12-17)36-16(3)30/h7-15,24H,5-6H2,1-4H3/b23-13+/t24-/m0/s1. The Balaban J connectivity index is 1.87. The summed E-state index contributed by atoms with van der Waals surface area (Å²) >= 11 is 1.19. The zero-order valence-electron chi connectivity index (χ0n) is 20.8. The number of carbonyl (C=O) groups excluding carboxylic acids is 2. The summed E-state index contributed by atoms with van der Waals surface area (Å²) in [5.41, 5.74) is 1.20. The summed E-state index contributed by atoms with van der Waals surface area (Å²) in [5.74, 6) is 0.416. The highest BCUT2D eigenvalue weighted by Crippen LogP contribution is 2.35. The summed E-state index contributed by atoms with van der Waals surface area (Å²) in [6.07, 6.45) is 3.13. The first-order chi connectivity index (χ1) is 17.9. The van der Waals surface area contributed by atoms with E-state index in [2.05, 4.69) is 4.99 Å². The minimum Gasteiger partial charge on any atom is -0.490 e. The fourth-order valence-corrected chi connectivity index (χ4v) is 4.94. The number of nitrogens with zero attached hydrogens (tertiary/aromatic N) is 2. The highest BCUT2D eigenvalue weighted by atomic mass is 32.1. The van der Waals surface area contributed by atoms with E-state index >= 15 is 0 Å². The van der Waals surface area contributed by atoms with Gasteiger partial charge in [0.2, 0.25) is 0 Å². The van der Waals surface area contributed by atoms with Crippen LogP contribution < -0.4 is 29.1 Å². The van der Waals surface area contributed by atoms with Crippen molar-refractivity contribution >= 4 is 29.4 Å². The number of esters is 2. The fourth-order valence-electron chi connectivity index (χ4n) is 3.97. The van der Waals surface area contributed by atoms with Gasteiger partial charge in [-0.15, -0.1) is 0 Å². The van der Waals surface area contributed by atoms with E-state index < -0.39 is 18.0 Å². The third-order valence-corrected chi connectivity index (χ3v) is 6.42. The Morgan fingerprint density at radius 1 is 1.08 bits per heavy atom. The highest BCUT2D eigenvalue weighted by molar-refractivity contribution is 7.07. The molecule has 4 rings (SSSR count). The van der Waals surface area contributed by atoms with Gasteiger partial charge in [-0.05, 0) is 55.3 Å². The molecular weight excluding hydrogens is 496 g/mol. The zero-order chi connectivity index (χ0) is 26.5. The van der Waals surface area contributed by atoms with E-state index in [0.717, 1.165) is 0 Å². The van der Waals surface area contributed by atoms with Crippen LogP contribution in [0, 0.1) is 0 Å².